The lowest BCUT2D eigenvalue weighted by Gasteiger charge is -2.34. The van der Waals surface area contributed by atoms with E-state index in [2.05, 4.69) is 0 Å². The van der Waals surface area contributed by atoms with Gasteiger partial charge in [0, 0.05) is 43.2 Å². The van der Waals surface area contributed by atoms with Crippen LogP contribution in [0.15, 0.2) is 58.3 Å². The minimum atomic E-state index is -3.73. The van der Waals surface area contributed by atoms with Crippen LogP contribution in [0.1, 0.15) is 0 Å². The number of thioether (sulfide) groups is 1. The van der Waals surface area contributed by atoms with Crippen molar-refractivity contribution in [1.29, 1.82) is 0 Å². The van der Waals surface area contributed by atoms with Crippen LogP contribution >= 0.6 is 11.8 Å². The molecule has 3 rings (SSSR count). The maximum Gasteiger partial charge on any atom is 0.269 e. The monoisotopic (exact) mass is 439 g/mol. The molecule has 1 saturated heterocycles. The summed E-state index contributed by atoms with van der Waals surface area (Å²) in [5.41, 5.74) is -0.0147. The average molecular weight is 439 g/mol. The third-order valence-electron chi connectivity index (χ3n) is 4.45. The molecule has 0 atom stereocenters. The summed E-state index contributed by atoms with van der Waals surface area (Å²) in [5.74, 6) is -0.486. The van der Waals surface area contributed by atoms with E-state index in [1.807, 2.05) is 0 Å². The lowest BCUT2D eigenvalue weighted by Crippen LogP contribution is -2.50. The molecule has 2 aromatic rings. The quantitative estimate of drug-likeness (QED) is 0.389. The fourth-order valence-corrected chi connectivity index (χ4v) is 5.06. The summed E-state index contributed by atoms with van der Waals surface area (Å²) >= 11 is 1.27. The fourth-order valence-electron chi connectivity index (χ4n) is 2.83. The molecule has 1 aliphatic rings. The lowest BCUT2D eigenvalue weighted by molar-refractivity contribution is -0.384. The van der Waals surface area contributed by atoms with Crippen molar-refractivity contribution in [3.63, 3.8) is 0 Å². The summed E-state index contributed by atoms with van der Waals surface area (Å²) in [4.78, 5) is 24.9. The fraction of sp³-hybridized carbons (Fsp3) is 0.278. The number of rotatable bonds is 6. The highest BCUT2D eigenvalue weighted by atomic mass is 32.2. The number of benzene rings is 2. The first-order valence-corrected chi connectivity index (χ1v) is 11.1. The van der Waals surface area contributed by atoms with E-state index < -0.39 is 20.8 Å². The molecular weight excluding hydrogens is 421 g/mol. The first-order chi connectivity index (χ1) is 13.8. The number of nitro groups is 1. The van der Waals surface area contributed by atoms with E-state index in [1.54, 1.807) is 17.0 Å². The van der Waals surface area contributed by atoms with Gasteiger partial charge in [0.15, 0.2) is 0 Å². The molecule has 0 unspecified atom stereocenters. The number of hydrogen-bond donors (Lipinski definition) is 0. The number of sulfonamides is 1. The third kappa shape index (κ3) is 5.11. The number of non-ortho nitro benzene ring substituents is 1. The summed E-state index contributed by atoms with van der Waals surface area (Å²) in [7, 11) is -3.73. The molecule has 11 heteroatoms. The highest BCUT2D eigenvalue weighted by Gasteiger charge is 2.30. The van der Waals surface area contributed by atoms with Crippen LogP contribution in [0, 0.1) is 15.9 Å². The van der Waals surface area contributed by atoms with Gasteiger partial charge in [0.2, 0.25) is 15.9 Å². The summed E-state index contributed by atoms with van der Waals surface area (Å²) in [5, 5.41) is 10.7. The van der Waals surface area contributed by atoms with Gasteiger partial charge in [-0.15, -0.1) is 11.8 Å². The van der Waals surface area contributed by atoms with Crippen molar-refractivity contribution < 1.29 is 22.5 Å². The Kier molecular flexibility index (Phi) is 6.50. The maximum absolute atomic E-state index is 13.0. The third-order valence-corrected chi connectivity index (χ3v) is 7.36. The Morgan fingerprint density at radius 1 is 1.03 bits per heavy atom. The molecule has 0 spiro atoms. The van der Waals surface area contributed by atoms with Crippen molar-refractivity contribution in [1.82, 2.24) is 9.21 Å². The normalized spacial score (nSPS) is 15.3. The van der Waals surface area contributed by atoms with Gasteiger partial charge in [-0.2, -0.15) is 4.31 Å². The molecule has 154 valence electrons. The van der Waals surface area contributed by atoms with Crippen LogP contribution in [0.25, 0.3) is 0 Å². The van der Waals surface area contributed by atoms with Crippen molar-refractivity contribution in [2.75, 3.05) is 31.9 Å². The van der Waals surface area contributed by atoms with E-state index in [-0.39, 0.29) is 48.4 Å². The standard InChI is InChI=1S/C18H18FN3O5S2/c19-14-1-7-17(8-2-14)29(26,27)21-11-9-20(10-12-21)18(23)13-28-16-5-3-15(4-6-16)22(24)25/h1-8H,9-13H2. The number of nitrogens with zero attached hydrogens (tertiary/aromatic N) is 3. The van der Waals surface area contributed by atoms with Gasteiger partial charge in [-0.25, -0.2) is 12.8 Å². The SMILES string of the molecule is O=C(CSc1ccc([N+](=O)[O-])cc1)N1CCN(S(=O)(=O)c2ccc(F)cc2)CC1. The Morgan fingerprint density at radius 2 is 1.62 bits per heavy atom. The van der Waals surface area contributed by atoms with Gasteiger partial charge >= 0.3 is 0 Å². The molecule has 0 radical (unpaired) electrons. The number of carbonyl (C=O) groups is 1. The molecule has 0 saturated carbocycles. The van der Waals surface area contributed by atoms with E-state index in [0.29, 0.717) is 0 Å². The predicted molar refractivity (Wildman–Crippen MR) is 106 cm³/mol. The molecule has 1 heterocycles. The summed E-state index contributed by atoms with van der Waals surface area (Å²) < 4.78 is 39.5. The second kappa shape index (κ2) is 8.89. The number of hydrogen-bond acceptors (Lipinski definition) is 6. The number of piperazine rings is 1. The number of nitro benzene ring substituents is 1. The van der Waals surface area contributed by atoms with Gasteiger partial charge in [-0.3, -0.25) is 14.9 Å². The first kappa shape index (κ1) is 21.2. The van der Waals surface area contributed by atoms with Gasteiger partial charge in [-0.05, 0) is 36.4 Å². The number of amides is 1. The molecule has 0 aliphatic carbocycles. The first-order valence-electron chi connectivity index (χ1n) is 8.68. The Morgan fingerprint density at radius 3 is 2.17 bits per heavy atom. The molecule has 0 aromatic heterocycles. The molecule has 1 fully saturated rings. The summed E-state index contributed by atoms with van der Waals surface area (Å²) in [6.07, 6.45) is 0. The van der Waals surface area contributed by atoms with Crippen LogP contribution in [-0.2, 0) is 14.8 Å². The molecular formula is C18H18FN3O5S2. The van der Waals surface area contributed by atoms with Crippen molar-refractivity contribution in [2.45, 2.75) is 9.79 Å². The molecule has 1 aliphatic heterocycles. The lowest BCUT2D eigenvalue weighted by atomic mass is 10.3. The summed E-state index contributed by atoms with van der Waals surface area (Å²) in [6.45, 7) is 0.849. The predicted octanol–water partition coefficient (Wildman–Crippen LogP) is 2.36. The second-order valence-electron chi connectivity index (χ2n) is 6.28. The Hall–Kier alpha value is -2.50. The molecule has 0 N–H and O–H groups in total. The van der Waals surface area contributed by atoms with Gasteiger partial charge in [0.05, 0.1) is 15.6 Å². The highest BCUT2D eigenvalue weighted by Crippen LogP contribution is 2.23. The molecule has 1 amide bonds. The second-order valence-corrected chi connectivity index (χ2v) is 9.27. The van der Waals surface area contributed by atoms with E-state index in [1.165, 1.54) is 40.3 Å². The van der Waals surface area contributed by atoms with Crippen LogP contribution in [0.3, 0.4) is 0 Å². The zero-order valence-electron chi connectivity index (χ0n) is 15.2. The molecule has 8 nitrogen and oxygen atoms in total. The maximum atomic E-state index is 13.0. The molecule has 29 heavy (non-hydrogen) atoms. The van der Waals surface area contributed by atoms with Gasteiger partial charge < -0.3 is 4.90 Å². The van der Waals surface area contributed by atoms with Gasteiger partial charge in [0.1, 0.15) is 5.82 Å². The van der Waals surface area contributed by atoms with Crippen LogP contribution in [0.2, 0.25) is 0 Å². The van der Waals surface area contributed by atoms with Crippen LogP contribution in [0.4, 0.5) is 10.1 Å². The topological polar surface area (TPSA) is 101 Å². The largest absolute Gasteiger partial charge is 0.339 e. The van der Waals surface area contributed by atoms with Gasteiger partial charge in [-0.1, -0.05) is 0 Å². The zero-order valence-corrected chi connectivity index (χ0v) is 16.9. The Balaban J connectivity index is 1.52. The Labute approximate surface area is 171 Å². The number of halogens is 1. The Bertz CT molecular complexity index is 989. The van der Waals surface area contributed by atoms with Crippen molar-refractivity contribution in [3.05, 3.63) is 64.5 Å². The van der Waals surface area contributed by atoms with Crippen molar-refractivity contribution in [2.24, 2.45) is 0 Å². The van der Waals surface area contributed by atoms with Gasteiger partial charge in [0.25, 0.3) is 5.69 Å². The van der Waals surface area contributed by atoms with E-state index in [0.717, 1.165) is 17.0 Å². The average Bonchev–Trinajstić information content (AvgIpc) is 2.72. The zero-order chi connectivity index (χ0) is 21.0. The molecule has 0 bridgehead atoms. The van der Waals surface area contributed by atoms with Crippen LogP contribution in [0.5, 0.6) is 0 Å². The minimum absolute atomic E-state index is 0.0147. The van der Waals surface area contributed by atoms with Crippen molar-refractivity contribution >= 4 is 33.4 Å². The van der Waals surface area contributed by atoms with E-state index in [4.69, 9.17) is 0 Å². The molecule has 2 aromatic carbocycles. The smallest absolute Gasteiger partial charge is 0.269 e. The van der Waals surface area contributed by atoms with Crippen LogP contribution < -0.4 is 0 Å². The van der Waals surface area contributed by atoms with E-state index in [9.17, 15) is 27.7 Å². The number of carbonyl (C=O) groups excluding carboxylic acids is 1. The van der Waals surface area contributed by atoms with E-state index >= 15 is 0 Å². The highest BCUT2D eigenvalue weighted by molar-refractivity contribution is 8.00. The van der Waals surface area contributed by atoms with Crippen LogP contribution in [-0.4, -0.2) is 60.4 Å². The summed E-state index contributed by atoms with van der Waals surface area (Å²) in [6, 6.07) is 10.6. The minimum Gasteiger partial charge on any atom is -0.339 e. The van der Waals surface area contributed by atoms with Crippen molar-refractivity contribution in [3.8, 4) is 0 Å².